The summed E-state index contributed by atoms with van der Waals surface area (Å²) in [5.41, 5.74) is 0. The standard InChI is InChI=1S/C21H39ClO/c1-2-3-4-5-6-7-8-9-10-11-12-13-14-15-16-17-18-19-20-21(22)23/h7-8H,2-6,9-20H2,1H3/b8-7+. The van der Waals surface area contributed by atoms with E-state index in [1.54, 1.807) is 0 Å². The third kappa shape index (κ3) is 21.7. The van der Waals surface area contributed by atoms with Crippen LogP contribution < -0.4 is 0 Å². The van der Waals surface area contributed by atoms with Crippen molar-refractivity contribution in [2.24, 2.45) is 0 Å². The van der Waals surface area contributed by atoms with E-state index in [1.165, 1.54) is 89.9 Å². The van der Waals surface area contributed by atoms with E-state index in [2.05, 4.69) is 19.1 Å². The van der Waals surface area contributed by atoms with Crippen molar-refractivity contribution in [3.8, 4) is 0 Å². The maximum atomic E-state index is 10.6. The van der Waals surface area contributed by atoms with Crippen LogP contribution in [0.3, 0.4) is 0 Å². The number of halogens is 1. The Bertz CT molecular complexity index is 273. The lowest BCUT2D eigenvalue weighted by Gasteiger charge is -2.02. The molecule has 0 saturated heterocycles. The van der Waals surface area contributed by atoms with Gasteiger partial charge in [0.1, 0.15) is 0 Å². The minimum atomic E-state index is -0.184. The van der Waals surface area contributed by atoms with Gasteiger partial charge >= 0.3 is 0 Å². The van der Waals surface area contributed by atoms with Crippen molar-refractivity contribution in [1.29, 1.82) is 0 Å². The van der Waals surface area contributed by atoms with Gasteiger partial charge in [-0.1, -0.05) is 89.7 Å². The molecule has 0 heterocycles. The van der Waals surface area contributed by atoms with Crippen LogP contribution in [-0.2, 0) is 4.79 Å². The van der Waals surface area contributed by atoms with E-state index in [-0.39, 0.29) is 5.24 Å². The number of carbonyl (C=O) groups is 1. The predicted molar refractivity (Wildman–Crippen MR) is 104 cm³/mol. The van der Waals surface area contributed by atoms with Gasteiger partial charge in [-0.05, 0) is 43.7 Å². The summed E-state index contributed by atoms with van der Waals surface area (Å²) in [5, 5.41) is -0.184. The Labute approximate surface area is 150 Å². The SMILES string of the molecule is CCCCCC/C=C/CCCCCCCCCCCCC(=O)Cl. The smallest absolute Gasteiger partial charge is 0.221 e. The third-order valence-electron chi connectivity index (χ3n) is 4.39. The van der Waals surface area contributed by atoms with Crippen LogP contribution in [0.5, 0.6) is 0 Å². The average Bonchev–Trinajstić information content (AvgIpc) is 2.53. The van der Waals surface area contributed by atoms with Gasteiger partial charge in [0.05, 0.1) is 0 Å². The summed E-state index contributed by atoms with van der Waals surface area (Å²) < 4.78 is 0. The van der Waals surface area contributed by atoms with Crippen LogP contribution in [0.2, 0.25) is 0 Å². The van der Waals surface area contributed by atoms with E-state index in [4.69, 9.17) is 11.6 Å². The molecule has 136 valence electrons. The van der Waals surface area contributed by atoms with Crippen molar-refractivity contribution in [2.45, 2.75) is 116 Å². The van der Waals surface area contributed by atoms with Crippen LogP contribution in [0.1, 0.15) is 116 Å². The second-order valence-electron chi connectivity index (χ2n) is 6.75. The fraction of sp³-hybridized carbons (Fsp3) is 0.857. The van der Waals surface area contributed by atoms with Gasteiger partial charge < -0.3 is 0 Å². The van der Waals surface area contributed by atoms with Gasteiger partial charge in [-0.15, -0.1) is 0 Å². The lowest BCUT2D eigenvalue weighted by atomic mass is 10.1. The van der Waals surface area contributed by atoms with Gasteiger partial charge in [0.15, 0.2) is 0 Å². The molecule has 0 bridgehead atoms. The van der Waals surface area contributed by atoms with Gasteiger partial charge in [0, 0.05) is 6.42 Å². The maximum absolute atomic E-state index is 10.6. The molecule has 0 rings (SSSR count). The molecule has 0 unspecified atom stereocenters. The summed E-state index contributed by atoms with van der Waals surface area (Å²) in [4.78, 5) is 10.6. The molecule has 1 nitrogen and oxygen atoms in total. The molecular formula is C21H39ClO. The summed E-state index contributed by atoms with van der Waals surface area (Å²) in [6.45, 7) is 2.27. The Morgan fingerprint density at radius 1 is 0.652 bits per heavy atom. The highest BCUT2D eigenvalue weighted by Crippen LogP contribution is 2.12. The normalized spacial score (nSPS) is 11.4. The second-order valence-corrected chi connectivity index (χ2v) is 7.17. The Kier molecular flexibility index (Phi) is 19.5. The molecule has 0 aliphatic rings. The van der Waals surface area contributed by atoms with E-state index >= 15 is 0 Å². The zero-order chi connectivity index (χ0) is 17.0. The number of hydrogen-bond donors (Lipinski definition) is 0. The molecule has 0 atom stereocenters. The van der Waals surface area contributed by atoms with Crippen molar-refractivity contribution in [1.82, 2.24) is 0 Å². The molecule has 0 aromatic rings. The number of unbranched alkanes of at least 4 members (excludes halogenated alkanes) is 14. The predicted octanol–water partition coefficient (Wildman–Crippen LogP) is 7.96. The number of carbonyl (C=O) groups excluding carboxylic acids is 1. The van der Waals surface area contributed by atoms with Gasteiger partial charge in [-0.25, -0.2) is 0 Å². The summed E-state index contributed by atoms with van der Waals surface area (Å²) in [5.74, 6) is 0. The minimum absolute atomic E-state index is 0.184. The van der Waals surface area contributed by atoms with Crippen LogP contribution in [0.4, 0.5) is 0 Å². The highest BCUT2D eigenvalue weighted by molar-refractivity contribution is 6.63. The first-order valence-electron chi connectivity index (χ1n) is 10.1. The zero-order valence-corrected chi connectivity index (χ0v) is 16.2. The van der Waals surface area contributed by atoms with Crippen LogP contribution >= 0.6 is 11.6 Å². The largest absolute Gasteiger partial charge is 0.281 e. The van der Waals surface area contributed by atoms with Crippen LogP contribution in [0.15, 0.2) is 12.2 Å². The van der Waals surface area contributed by atoms with Crippen molar-refractivity contribution in [3.63, 3.8) is 0 Å². The van der Waals surface area contributed by atoms with Crippen LogP contribution in [0.25, 0.3) is 0 Å². The van der Waals surface area contributed by atoms with Crippen molar-refractivity contribution in [2.75, 3.05) is 0 Å². The molecule has 23 heavy (non-hydrogen) atoms. The lowest BCUT2D eigenvalue weighted by Crippen LogP contribution is -1.86. The molecular weight excluding hydrogens is 304 g/mol. The highest BCUT2D eigenvalue weighted by atomic mass is 35.5. The third-order valence-corrected chi connectivity index (χ3v) is 4.57. The Morgan fingerprint density at radius 2 is 1.04 bits per heavy atom. The first kappa shape index (κ1) is 22.7. The van der Waals surface area contributed by atoms with Gasteiger partial charge in [-0.3, -0.25) is 4.79 Å². The van der Waals surface area contributed by atoms with Crippen LogP contribution in [-0.4, -0.2) is 5.24 Å². The van der Waals surface area contributed by atoms with E-state index in [9.17, 15) is 4.79 Å². The molecule has 2 heteroatoms. The van der Waals surface area contributed by atoms with Crippen LogP contribution in [0, 0.1) is 0 Å². The van der Waals surface area contributed by atoms with Crippen molar-refractivity contribution in [3.05, 3.63) is 12.2 Å². The molecule has 0 N–H and O–H groups in total. The number of allylic oxidation sites excluding steroid dienone is 2. The first-order chi connectivity index (χ1) is 11.3. The van der Waals surface area contributed by atoms with E-state index in [0.29, 0.717) is 6.42 Å². The molecule has 0 aromatic heterocycles. The monoisotopic (exact) mass is 342 g/mol. The van der Waals surface area contributed by atoms with Crippen molar-refractivity contribution < 1.29 is 4.79 Å². The fourth-order valence-corrected chi connectivity index (χ4v) is 3.00. The molecule has 0 amide bonds. The van der Waals surface area contributed by atoms with Gasteiger partial charge in [0.2, 0.25) is 5.24 Å². The van der Waals surface area contributed by atoms with E-state index in [0.717, 1.165) is 12.8 Å². The lowest BCUT2D eigenvalue weighted by molar-refractivity contribution is -0.111. The molecule has 0 saturated carbocycles. The number of rotatable bonds is 18. The first-order valence-corrected chi connectivity index (χ1v) is 10.5. The van der Waals surface area contributed by atoms with Gasteiger partial charge in [-0.2, -0.15) is 0 Å². The zero-order valence-electron chi connectivity index (χ0n) is 15.5. The van der Waals surface area contributed by atoms with Crippen molar-refractivity contribution >= 4 is 16.8 Å². The van der Waals surface area contributed by atoms with Gasteiger partial charge in [0.25, 0.3) is 0 Å². The summed E-state index contributed by atoms with van der Waals surface area (Å²) >= 11 is 5.31. The molecule has 0 aromatic carbocycles. The summed E-state index contributed by atoms with van der Waals surface area (Å²) in [6, 6.07) is 0. The van der Waals surface area contributed by atoms with E-state index < -0.39 is 0 Å². The number of hydrogen-bond acceptors (Lipinski definition) is 1. The fourth-order valence-electron chi connectivity index (χ4n) is 2.87. The molecule has 0 aliphatic carbocycles. The average molecular weight is 343 g/mol. The Morgan fingerprint density at radius 3 is 1.48 bits per heavy atom. The summed E-state index contributed by atoms with van der Waals surface area (Å²) in [6.07, 6.45) is 26.3. The quantitative estimate of drug-likeness (QED) is 0.140. The molecule has 0 fully saturated rings. The Hall–Kier alpha value is -0.300. The molecule has 0 aliphatic heterocycles. The van der Waals surface area contributed by atoms with E-state index in [1.807, 2.05) is 0 Å². The molecule has 0 spiro atoms. The second kappa shape index (κ2) is 19.7. The molecule has 0 radical (unpaired) electrons. The summed E-state index contributed by atoms with van der Waals surface area (Å²) in [7, 11) is 0. The minimum Gasteiger partial charge on any atom is -0.281 e. The highest BCUT2D eigenvalue weighted by Gasteiger charge is 1.96. The Balaban J connectivity index is 3.05. The maximum Gasteiger partial charge on any atom is 0.221 e. The topological polar surface area (TPSA) is 17.1 Å².